The van der Waals surface area contributed by atoms with Gasteiger partial charge in [0.25, 0.3) is 0 Å². The van der Waals surface area contributed by atoms with Crippen LogP contribution >= 0.6 is 0 Å². The minimum absolute atomic E-state index is 0.0316. The maximum absolute atomic E-state index is 13.3. The number of sulfonamides is 1. The van der Waals surface area contributed by atoms with Gasteiger partial charge in [-0.2, -0.15) is 4.31 Å². The molecule has 0 bridgehead atoms. The Morgan fingerprint density at radius 3 is 2.20 bits per heavy atom. The summed E-state index contributed by atoms with van der Waals surface area (Å²) in [6.07, 6.45) is 1.06. The van der Waals surface area contributed by atoms with Gasteiger partial charge in [0, 0.05) is 19.2 Å². The SMILES string of the molecule is O=S(=O)(c1cc(F)cc(F)c1)N1CCC(OCc2ccccc2)CC1. The Hall–Kier alpha value is -1.83. The summed E-state index contributed by atoms with van der Waals surface area (Å²) >= 11 is 0. The average Bonchev–Trinajstić information content (AvgIpc) is 2.60. The monoisotopic (exact) mass is 367 g/mol. The number of nitrogens with zero attached hydrogens (tertiary/aromatic N) is 1. The Morgan fingerprint density at radius 1 is 1.00 bits per heavy atom. The van der Waals surface area contributed by atoms with Gasteiger partial charge in [0.05, 0.1) is 17.6 Å². The Balaban J connectivity index is 1.59. The minimum Gasteiger partial charge on any atom is -0.373 e. The van der Waals surface area contributed by atoms with Crippen LogP contribution in [0.2, 0.25) is 0 Å². The second-order valence-corrected chi connectivity index (χ2v) is 7.94. The van der Waals surface area contributed by atoms with Crippen LogP contribution in [-0.2, 0) is 21.4 Å². The first-order valence-corrected chi connectivity index (χ1v) is 9.51. The van der Waals surface area contributed by atoms with Crippen LogP contribution in [0.15, 0.2) is 53.4 Å². The van der Waals surface area contributed by atoms with Crippen molar-refractivity contribution in [2.75, 3.05) is 13.1 Å². The van der Waals surface area contributed by atoms with Crippen LogP contribution < -0.4 is 0 Å². The summed E-state index contributed by atoms with van der Waals surface area (Å²) in [6.45, 7) is 1.01. The zero-order chi connectivity index (χ0) is 17.9. The first-order chi connectivity index (χ1) is 11.9. The normalized spacial score (nSPS) is 16.9. The van der Waals surface area contributed by atoms with Gasteiger partial charge >= 0.3 is 0 Å². The summed E-state index contributed by atoms with van der Waals surface area (Å²) in [4.78, 5) is -0.353. The molecule has 1 fully saturated rings. The van der Waals surface area contributed by atoms with Gasteiger partial charge in [0.15, 0.2) is 0 Å². The topological polar surface area (TPSA) is 46.6 Å². The van der Waals surface area contributed by atoms with E-state index in [1.807, 2.05) is 30.3 Å². The van der Waals surface area contributed by atoms with Gasteiger partial charge in [-0.15, -0.1) is 0 Å². The van der Waals surface area contributed by atoms with Crippen molar-refractivity contribution in [2.45, 2.75) is 30.4 Å². The van der Waals surface area contributed by atoms with Crippen LogP contribution in [0.1, 0.15) is 18.4 Å². The number of hydrogen-bond donors (Lipinski definition) is 0. The highest BCUT2D eigenvalue weighted by Gasteiger charge is 2.30. The molecule has 134 valence electrons. The molecule has 0 amide bonds. The lowest BCUT2D eigenvalue weighted by Gasteiger charge is -2.31. The van der Waals surface area contributed by atoms with Crippen molar-refractivity contribution in [1.82, 2.24) is 4.31 Å². The van der Waals surface area contributed by atoms with Crippen LogP contribution in [0, 0.1) is 11.6 Å². The quantitative estimate of drug-likeness (QED) is 0.814. The number of ether oxygens (including phenoxy) is 1. The van der Waals surface area contributed by atoms with Crippen LogP contribution in [0.25, 0.3) is 0 Å². The predicted octanol–water partition coefficient (Wildman–Crippen LogP) is 3.33. The summed E-state index contributed by atoms with van der Waals surface area (Å²) in [5.74, 6) is -1.81. The van der Waals surface area contributed by atoms with E-state index >= 15 is 0 Å². The number of piperidine rings is 1. The minimum atomic E-state index is -3.90. The fourth-order valence-electron chi connectivity index (χ4n) is 2.85. The molecule has 7 heteroatoms. The lowest BCUT2D eigenvalue weighted by molar-refractivity contribution is 0.0102. The van der Waals surface area contributed by atoms with Gasteiger partial charge in [0.2, 0.25) is 10.0 Å². The highest BCUT2D eigenvalue weighted by atomic mass is 32.2. The first-order valence-electron chi connectivity index (χ1n) is 8.07. The lowest BCUT2D eigenvalue weighted by Crippen LogP contribution is -2.40. The summed E-state index contributed by atoms with van der Waals surface area (Å²) in [6, 6.07) is 12.1. The van der Waals surface area contributed by atoms with E-state index in [0.29, 0.717) is 25.5 Å². The van der Waals surface area contributed by atoms with Crippen LogP contribution in [0.4, 0.5) is 8.78 Å². The maximum Gasteiger partial charge on any atom is 0.243 e. The molecule has 0 radical (unpaired) electrons. The third-order valence-corrected chi connectivity index (χ3v) is 6.08. The Kier molecular flexibility index (Phi) is 5.46. The molecule has 3 rings (SSSR count). The Bertz CT molecular complexity index is 799. The number of halogens is 2. The van der Waals surface area contributed by atoms with E-state index in [4.69, 9.17) is 4.74 Å². The molecule has 1 saturated heterocycles. The van der Waals surface area contributed by atoms with E-state index in [9.17, 15) is 17.2 Å². The van der Waals surface area contributed by atoms with E-state index in [1.54, 1.807) is 0 Å². The van der Waals surface area contributed by atoms with Crippen molar-refractivity contribution in [2.24, 2.45) is 0 Å². The summed E-state index contributed by atoms with van der Waals surface area (Å²) in [7, 11) is -3.90. The highest BCUT2D eigenvalue weighted by molar-refractivity contribution is 7.89. The molecule has 0 aliphatic carbocycles. The lowest BCUT2D eigenvalue weighted by atomic mass is 10.1. The molecular formula is C18H19F2NO3S. The zero-order valence-corrected chi connectivity index (χ0v) is 14.4. The van der Waals surface area contributed by atoms with Crippen molar-refractivity contribution in [3.05, 3.63) is 65.7 Å². The molecule has 4 nitrogen and oxygen atoms in total. The molecule has 1 aliphatic rings. The average molecular weight is 367 g/mol. The fourth-order valence-corrected chi connectivity index (χ4v) is 4.37. The third kappa shape index (κ3) is 4.42. The molecule has 25 heavy (non-hydrogen) atoms. The molecular weight excluding hydrogens is 348 g/mol. The van der Waals surface area contributed by atoms with E-state index in [2.05, 4.69) is 0 Å². The van der Waals surface area contributed by atoms with Gasteiger partial charge < -0.3 is 4.74 Å². The second-order valence-electron chi connectivity index (χ2n) is 6.01. The highest BCUT2D eigenvalue weighted by Crippen LogP contribution is 2.24. The molecule has 2 aromatic carbocycles. The van der Waals surface area contributed by atoms with Crippen molar-refractivity contribution in [3.8, 4) is 0 Å². The van der Waals surface area contributed by atoms with Crippen molar-refractivity contribution >= 4 is 10.0 Å². The standard InChI is InChI=1S/C18H19F2NO3S/c19-15-10-16(20)12-18(11-15)25(22,23)21-8-6-17(7-9-21)24-13-14-4-2-1-3-5-14/h1-5,10-12,17H,6-9,13H2. The molecule has 1 aliphatic heterocycles. The van der Waals surface area contributed by atoms with E-state index < -0.39 is 21.7 Å². The van der Waals surface area contributed by atoms with Gasteiger partial charge in [-0.3, -0.25) is 0 Å². The molecule has 0 aromatic heterocycles. The third-order valence-electron chi connectivity index (χ3n) is 4.20. The molecule has 2 aromatic rings. The summed E-state index contributed by atoms with van der Waals surface area (Å²) < 4.78 is 58.8. The van der Waals surface area contributed by atoms with Crippen molar-refractivity contribution in [1.29, 1.82) is 0 Å². The second kappa shape index (κ2) is 7.59. The molecule has 0 N–H and O–H groups in total. The van der Waals surface area contributed by atoms with Crippen LogP contribution in [0.5, 0.6) is 0 Å². The fraction of sp³-hybridized carbons (Fsp3) is 0.333. The maximum atomic E-state index is 13.3. The van der Waals surface area contributed by atoms with Gasteiger partial charge in [-0.25, -0.2) is 17.2 Å². The molecule has 0 unspecified atom stereocenters. The molecule has 0 spiro atoms. The summed E-state index contributed by atoms with van der Waals surface area (Å²) in [5.41, 5.74) is 1.06. The van der Waals surface area contributed by atoms with E-state index in [-0.39, 0.29) is 24.1 Å². The summed E-state index contributed by atoms with van der Waals surface area (Å²) in [5, 5.41) is 0. The van der Waals surface area contributed by atoms with Gasteiger partial charge in [-0.1, -0.05) is 30.3 Å². The van der Waals surface area contributed by atoms with Gasteiger partial charge in [0.1, 0.15) is 11.6 Å². The predicted molar refractivity (Wildman–Crippen MR) is 89.4 cm³/mol. The van der Waals surface area contributed by atoms with Crippen LogP contribution in [-0.4, -0.2) is 31.9 Å². The van der Waals surface area contributed by atoms with Crippen molar-refractivity contribution < 1.29 is 21.9 Å². The van der Waals surface area contributed by atoms with E-state index in [1.165, 1.54) is 4.31 Å². The smallest absolute Gasteiger partial charge is 0.243 e. The zero-order valence-electron chi connectivity index (χ0n) is 13.6. The molecule has 0 saturated carbocycles. The molecule has 1 heterocycles. The van der Waals surface area contributed by atoms with Crippen LogP contribution in [0.3, 0.4) is 0 Å². The first kappa shape index (κ1) is 18.0. The largest absolute Gasteiger partial charge is 0.373 e. The Morgan fingerprint density at radius 2 is 1.60 bits per heavy atom. The number of hydrogen-bond acceptors (Lipinski definition) is 3. The van der Waals surface area contributed by atoms with Gasteiger partial charge in [-0.05, 0) is 30.5 Å². The number of rotatable bonds is 5. The van der Waals surface area contributed by atoms with Crippen molar-refractivity contribution in [3.63, 3.8) is 0 Å². The number of benzene rings is 2. The molecule has 0 atom stereocenters. The van der Waals surface area contributed by atoms with E-state index in [0.717, 1.165) is 17.7 Å². The Labute approximate surface area is 146 Å².